The van der Waals surface area contributed by atoms with E-state index < -0.39 is 0 Å². The lowest BCUT2D eigenvalue weighted by Gasteiger charge is -2.23. The summed E-state index contributed by atoms with van der Waals surface area (Å²) in [6.45, 7) is 5.71. The third-order valence-electron chi connectivity index (χ3n) is 5.52. The van der Waals surface area contributed by atoms with Crippen molar-refractivity contribution in [1.29, 1.82) is 0 Å². The average molecular weight is 441 g/mol. The predicted molar refractivity (Wildman–Crippen MR) is 127 cm³/mol. The molecule has 0 aliphatic carbocycles. The molecule has 1 aliphatic heterocycles. The van der Waals surface area contributed by atoms with Crippen LogP contribution in [0.4, 0.5) is 5.13 Å². The summed E-state index contributed by atoms with van der Waals surface area (Å²) < 4.78 is 6.98. The van der Waals surface area contributed by atoms with Crippen LogP contribution < -0.4 is 4.90 Å². The summed E-state index contributed by atoms with van der Waals surface area (Å²) in [6, 6.07) is 14.6. The number of para-hydroxylation sites is 1. The van der Waals surface area contributed by atoms with E-state index in [1.54, 1.807) is 23.1 Å². The van der Waals surface area contributed by atoms with Crippen LogP contribution in [0.25, 0.3) is 10.2 Å². The number of nitrogens with zero attached hydrogens (tertiary/aromatic N) is 2. The molecule has 0 saturated carbocycles. The first-order chi connectivity index (χ1) is 14.5. The SMILES string of the molecule is CSc1ccc(CC(=O)N(CC2CCCO2)c2nc3c(C(C)C)cccc3s2)cc1. The van der Waals surface area contributed by atoms with Crippen molar-refractivity contribution in [3.63, 3.8) is 0 Å². The molecule has 6 heteroatoms. The van der Waals surface area contributed by atoms with Gasteiger partial charge in [-0.3, -0.25) is 9.69 Å². The number of amides is 1. The van der Waals surface area contributed by atoms with Gasteiger partial charge < -0.3 is 4.74 Å². The number of fused-ring (bicyclic) bond motifs is 1. The van der Waals surface area contributed by atoms with Crippen LogP contribution in [0.3, 0.4) is 0 Å². The molecule has 2 heterocycles. The Bertz CT molecular complexity index is 1010. The van der Waals surface area contributed by atoms with Crippen LogP contribution in [0.15, 0.2) is 47.4 Å². The molecule has 1 amide bonds. The molecule has 1 fully saturated rings. The van der Waals surface area contributed by atoms with E-state index in [0.29, 0.717) is 18.9 Å². The minimum atomic E-state index is 0.0764. The van der Waals surface area contributed by atoms with Gasteiger partial charge in [-0.25, -0.2) is 4.98 Å². The van der Waals surface area contributed by atoms with Gasteiger partial charge in [-0.2, -0.15) is 0 Å². The second-order valence-electron chi connectivity index (χ2n) is 8.01. The highest BCUT2D eigenvalue weighted by atomic mass is 32.2. The van der Waals surface area contributed by atoms with Crippen molar-refractivity contribution in [2.45, 2.75) is 50.0 Å². The molecule has 2 aromatic carbocycles. The van der Waals surface area contributed by atoms with Crippen molar-refractivity contribution < 1.29 is 9.53 Å². The number of aromatic nitrogens is 1. The number of thiazole rings is 1. The summed E-state index contributed by atoms with van der Waals surface area (Å²) in [6.07, 6.45) is 4.56. The Morgan fingerprint density at radius 1 is 1.27 bits per heavy atom. The molecule has 4 nitrogen and oxygen atoms in total. The fraction of sp³-hybridized carbons (Fsp3) is 0.417. The van der Waals surface area contributed by atoms with Crippen LogP contribution >= 0.6 is 23.1 Å². The Labute approximate surface area is 186 Å². The summed E-state index contributed by atoms with van der Waals surface area (Å²) in [7, 11) is 0. The molecule has 1 aromatic heterocycles. The Balaban J connectivity index is 1.64. The van der Waals surface area contributed by atoms with Gasteiger partial charge in [-0.15, -0.1) is 11.8 Å². The van der Waals surface area contributed by atoms with Gasteiger partial charge in [0.15, 0.2) is 5.13 Å². The molecule has 1 saturated heterocycles. The minimum Gasteiger partial charge on any atom is -0.376 e. The molecule has 0 N–H and O–H groups in total. The molecule has 158 valence electrons. The molecular weight excluding hydrogens is 412 g/mol. The van der Waals surface area contributed by atoms with Gasteiger partial charge in [0, 0.05) is 11.5 Å². The number of rotatable bonds is 7. The highest BCUT2D eigenvalue weighted by molar-refractivity contribution is 7.98. The van der Waals surface area contributed by atoms with Gasteiger partial charge in [0.1, 0.15) is 0 Å². The zero-order chi connectivity index (χ0) is 21.1. The maximum atomic E-state index is 13.4. The van der Waals surface area contributed by atoms with Gasteiger partial charge in [-0.1, -0.05) is 49.4 Å². The average Bonchev–Trinajstić information content (AvgIpc) is 3.41. The Morgan fingerprint density at radius 3 is 2.73 bits per heavy atom. The first kappa shape index (κ1) is 21.3. The molecule has 1 unspecified atom stereocenters. The molecule has 1 aliphatic rings. The van der Waals surface area contributed by atoms with Gasteiger partial charge >= 0.3 is 0 Å². The second-order valence-corrected chi connectivity index (χ2v) is 9.90. The van der Waals surface area contributed by atoms with E-state index in [9.17, 15) is 4.79 Å². The summed E-state index contributed by atoms with van der Waals surface area (Å²) in [5, 5.41) is 0.777. The van der Waals surface area contributed by atoms with Crippen LogP contribution in [0.5, 0.6) is 0 Å². The first-order valence-electron chi connectivity index (χ1n) is 10.5. The van der Waals surface area contributed by atoms with Crippen molar-refractivity contribution in [3.8, 4) is 0 Å². The number of carbonyl (C=O) groups excluding carboxylic acids is 1. The maximum Gasteiger partial charge on any atom is 0.233 e. The summed E-state index contributed by atoms with van der Waals surface area (Å²) in [4.78, 5) is 21.4. The zero-order valence-corrected chi connectivity index (χ0v) is 19.4. The van der Waals surface area contributed by atoms with Crippen LogP contribution in [0.2, 0.25) is 0 Å². The van der Waals surface area contributed by atoms with E-state index in [1.807, 2.05) is 17.0 Å². The van der Waals surface area contributed by atoms with Crippen molar-refractivity contribution in [3.05, 3.63) is 53.6 Å². The van der Waals surface area contributed by atoms with Gasteiger partial charge in [-0.05, 0) is 54.3 Å². The number of anilines is 1. The molecule has 0 bridgehead atoms. The van der Waals surface area contributed by atoms with E-state index in [4.69, 9.17) is 9.72 Å². The largest absolute Gasteiger partial charge is 0.376 e. The number of hydrogen-bond donors (Lipinski definition) is 0. The quantitative estimate of drug-likeness (QED) is 0.429. The summed E-state index contributed by atoms with van der Waals surface area (Å²) in [5.41, 5.74) is 3.27. The normalized spacial score (nSPS) is 16.5. The minimum absolute atomic E-state index is 0.0764. The van der Waals surface area contributed by atoms with Gasteiger partial charge in [0.2, 0.25) is 5.91 Å². The van der Waals surface area contributed by atoms with Gasteiger partial charge in [0.25, 0.3) is 0 Å². The van der Waals surface area contributed by atoms with Crippen LogP contribution in [0.1, 0.15) is 43.7 Å². The zero-order valence-electron chi connectivity index (χ0n) is 17.8. The second kappa shape index (κ2) is 9.50. The first-order valence-corrected chi connectivity index (χ1v) is 12.5. The number of hydrogen-bond acceptors (Lipinski definition) is 5. The van der Waals surface area contributed by atoms with E-state index in [1.165, 1.54) is 10.5 Å². The lowest BCUT2D eigenvalue weighted by Crippen LogP contribution is -2.38. The smallest absolute Gasteiger partial charge is 0.233 e. The Kier molecular flexibility index (Phi) is 6.76. The van der Waals surface area contributed by atoms with E-state index >= 15 is 0 Å². The number of thioether (sulfide) groups is 1. The molecule has 1 atom stereocenters. The maximum absolute atomic E-state index is 13.4. The lowest BCUT2D eigenvalue weighted by atomic mass is 10.0. The van der Waals surface area contributed by atoms with Crippen LogP contribution in [-0.4, -0.2) is 36.4 Å². The molecule has 30 heavy (non-hydrogen) atoms. The number of carbonyl (C=O) groups is 1. The van der Waals surface area contributed by atoms with E-state index in [0.717, 1.165) is 40.4 Å². The van der Waals surface area contributed by atoms with Crippen LogP contribution in [-0.2, 0) is 16.0 Å². The summed E-state index contributed by atoms with van der Waals surface area (Å²) >= 11 is 3.31. The Hall–Kier alpha value is -1.89. The topological polar surface area (TPSA) is 42.4 Å². The Morgan fingerprint density at radius 2 is 2.07 bits per heavy atom. The predicted octanol–water partition coefficient (Wildman–Crippen LogP) is 5.90. The van der Waals surface area contributed by atoms with Gasteiger partial charge in [0.05, 0.1) is 29.3 Å². The molecule has 0 spiro atoms. The number of benzene rings is 2. The fourth-order valence-corrected chi connectivity index (χ4v) is 5.27. The van der Waals surface area contributed by atoms with E-state index in [-0.39, 0.29) is 12.0 Å². The third kappa shape index (κ3) is 4.71. The van der Waals surface area contributed by atoms with Crippen LogP contribution in [0, 0.1) is 0 Å². The highest BCUT2D eigenvalue weighted by Gasteiger charge is 2.26. The summed E-state index contributed by atoms with van der Waals surface area (Å²) in [5.74, 6) is 0.466. The van der Waals surface area contributed by atoms with Crippen molar-refractivity contribution in [2.75, 3.05) is 24.3 Å². The van der Waals surface area contributed by atoms with E-state index in [2.05, 4.69) is 50.4 Å². The molecular formula is C24H28N2O2S2. The number of ether oxygens (including phenoxy) is 1. The molecule has 0 radical (unpaired) electrons. The van der Waals surface area contributed by atoms with Crippen molar-refractivity contribution in [1.82, 2.24) is 4.98 Å². The highest BCUT2D eigenvalue weighted by Crippen LogP contribution is 2.34. The lowest BCUT2D eigenvalue weighted by molar-refractivity contribution is -0.118. The standard InChI is InChI=1S/C24H28N2O2S2/c1-16(2)20-7-4-8-21-23(20)25-24(30-21)26(15-18-6-5-13-28-18)22(27)14-17-9-11-19(29-3)12-10-17/h4,7-12,16,18H,5-6,13-15H2,1-3H3. The van der Waals surface area contributed by atoms with Crippen molar-refractivity contribution >= 4 is 44.4 Å². The fourth-order valence-electron chi connectivity index (χ4n) is 3.83. The monoisotopic (exact) mass is 440 g/mol. The third-order valence-corrected chi connectivity index (χ3v) is 7.30. The van der Waals surface area contributed by atoms with Crippen molar-refractivity contribution in [2.24, 2.45) is 0 Å². The molecule has 3 aromatic rings. The molecule has 4 rings (SSSR count).